The summed E-state index contributed by atoms with van der Waals surface area (Å²) in [5, 5.41) is 7.71. The van der Waals surface area contributed by atoms with Gasteiger partial charge in [-0.3, -0.25) is 4.68 Å². The highest BCUT2D eigenvalue weighted by atomic mass is 16.5. The molecule has 0 aromatic carbocycles. The van der Waals surface area contributed by atoms with E-state index < -0.39 is 0 Å². The van der Waals surface area contributed by atoms with E-state index in [0.717, 1.165) is 12.2 Å². The molecule has 1 atom stereocenters. The third-order valence-electron chi connectivity index (χ3n) is 2.40. The minimum Gasteiger partial charge on any atom is -0.383 e. The van der Waals surface area contributed by atoms with Crippen LogP contribution in [0.25, 0.3) is 0 Å². The first-order chi connectivity index (χ1) is 7.61. The van der Waals surface area contributed by atoms with Crippen LogP contribution in [-0.2, 0) is 11.3 Å². The highest BCUT2D eigenvalue weighted by Crippen LogP contribution is 2.11. The van der Waals surface area contributed by atoms with Crippen LogP contribution in [0.15, 0.2) is 12.4 Å². The summed E-state index contributed by atoms with van der Waals surface area (Å²) < 4.78 is 6.90. The number of nitrogens with one attached hydrogen (secondary N) is 1. The van der Waals surface area contributed by atoms with Gasteiger partial charge >= 0.3 is 0 Å². The molecule has 0 aliphatic carbocycles. The summed E-state index contributed by atoms with van der Waals surface area (Å²) in [6.45, 7) is 8.17. The molecule has 1 unspecified atom stereocenters. The van der Waals surface area contributed by atoms with Gasteiger partial charge in [-0.15, -0.1) is 0 Å². The van der Waals surface area contributed by atoms with Crippen molar-refractivity contribution in [3.63, 3.8) is 0 Å². The Bertz CT molecular complexity index is 296. The van der Waals surface area contributed by atoms with E-state index in [4.69, 9.17) is 4.74 Å². The molecule has 1 rings (SSSR count). The van der Waals surface area contributed by atoms with Crippen molar-refractivity contribution in [2.75, 3.05) is 19.0 Å². The summed E-state index contributed by atoms with van der Waals surface area (Å²) in [7, 11) is 1.70. The van der Waals surface area contributed by atoms with Gasteiger partial charge in [-0.05, 0) is 19.3 Å². The average Bonchev–Trinajstić information content (AvgIpc) is 2.61. The van der Waals surface area contributed by atoms with Gasteiger partial charge in [0.15, 0.2) is 0 Å². The van der Waals surface area contributed by atoms with Crippen LogP contribution in [0.4, 0.5) is 5.69 Å². The Balaban J connectivity index is 2.39. The monoisotopic (exact) mass is 225 g/mol. The lowest BCUT2D eigenvalue weighted by atomic mass is 10.1. The standard InChI is InChI=1S/C12H23N3O/c1-10(2)7-11(3)14-12-8-13-15(9-12)5-6-16-4/h8-11,14H,5-7H2,1-4H3. The summed E-state index contributed by atoms with van der Waals surface area (Å²) in [5.74, 6) is 0.714. The van der Waals surface area contributed by atoms with E-state index >= 15 is 0 Å². The highest BCUT2D eigenvalue weighted by molar-refractivity contribution is 5.39. The van der Waals surface area contributed by atoms with Crippen molar-refractivity contribution in [1.82, 2.24) is 9.78 Å². The number of hydrogen-bond acceptors (Lipinski definition) is 3. The largest absolute Gasteiger partial charge is 0.383 e. The summed E-state index contributed by atoms with van der Waals surface area (Å²) in [4.78, 5) is 0. The lowest BCUT2D eigenvalue weighted by Gasteiger charge is -2.15. The number of aromatic nitrogens is 2. The first-order valence-electron chi connectivity index (χ1n) is 5.89. The van der Waals surface area contributed by atoms with E-state index in [0.29, 0.717) is 18.6 Å². The number of nitrogens with zero attached hydrogens (tertiary/aromatic N) is 2. The smallest absolute Gasteiger partial charge is 0.0728 e. The number of rotatable bonds is 7. The molecule has 0 spiro atoms. The predicted molar refractivity (Wildman–Crippen MR) is 66.6 cm³/mol. The van der Waals surface area contributed by atoms with E-state index in [2.05, 4.69) is 31.2 Å². The average molecular weight is 225 g/mol. The predicted octanol–water partition coefficient (Wildman–Crippen LogP) is 2.38. The molecular weight excluding hydrogens is 202 g/mol. The van der Waals surface area contributed by atoms with Gasteiger partial charge in [-0.25, -0.2) is 0 Å². The van der Waals surface area contributed by atoms with Crippen molar-refractivity contribution in [2.45, 2.75) is 39.8 Å². The Morgan fingerprint density at radius 3 is 2.81 bits per heavy atom. The van der Waals surface area contributed by atoms with Crippen LogP contribution >= 0.6 is 0 Å². The summed E-state index contributed by atoms with van der Waals surface area (Å²) >= 11 is 0. The Morgan fingerprint density at radius 1 is 1.44 bits per heavy atom. The van der Waals surface area contributed by atoms with Crippen LogP contribution in [0.2, 0.25) is 0 Å². The number of methoxy groups -OCH3 is 1. The van der Waals surface area contributed by atoms with Gasteiger partial charge < -0.3 is 10.1 Å². The maximum absolute atomic E-state index is 5.01. The molecule has 1 heterocycles. The van der Waals surface area contributed by atoms with E-state index in [-0.39, 0.29) is 0 Å². The first kappa shape index (κ1) is 13.0. The Morgan fingerprint density at radius 2 is 2.19 bits per heavy atom. The summed E-state index contributed by atoms with van der Waals surface area (Å²) in [5.41, 5.74) is 1.09. The second kappa shape index (κ2) is 6.53. The molecule has 1 N–H and O–H groups in total. The summed E-state index contributed by atoms with van der Waals surface area (Å²) in [6.07, 6.45) is 5.06. The molecule has 0 saturated heterocycles. The van der Waals surface area contributed by atoms with Crippen LogP contribution in [0.3, 0.4) is 0 Å². The van der Waals surface area contributed by atoms with Crippen molar-refractivity contribution >= 4 is 5.69 Å². The Kier molecular flexibility index (Phi) is 5.32. The van der Waals surface area contributed by atoms with E-state index in [1.54, 1.807) is 7.11 Å². The fraction of sp³-hybridized carbons (Fsp3) is 0.750. The molecule has 16 heavy (non-hydrogen) atoms. The maximum Gasteiger partial charge on any atom is 0.0728 e. The van der Waals surface area contributed by atoms with Crippen LogP contribution in [-0.4, -0.2) is 29.5 Å². The van der Waals surface area contributed by atoms with Gasteiger partial charge in [0.1, 0.15) is 0 Å². The molecule has 0 amide bonds. The van der Waals surface area contributed by atoms with Crippen molar-refractivity contribution in [3.8, 4) is 0 Å². The lowest BCUT2D eigenvalue weighted by molar-refractivity contribution is 0.183. The van der Waals surface area contributed by atoms with Crippen LogP contribution in [0.5, 0.6) is 0 Å². The molecule has 0 aliphatic heterocycles. The van der Waals surface area contributed by atoms with Crippen LogP contribution in [0.1, 0.15) is 27.2 Å². The zero-order chi connectivity index (χ0) is 12.0. The lowest BCUT2D eigenvalue weighted by Crippen LogP contribution is -2.17. The van der Waals surface area contributed by atoms with Crippen molar-refractivity contribution < 1.29 is 4.74 Å². The molecule has 0 fully saturated rings. The van der Waals surface area contributed by atoms with Gasteiger partial charge in [0.05, 0.1) is 25.0 Å². The second-order valence-electron chi connectivity index (χ2n) is 4.66. The minimum atomic E-state index is 0.486. The highest BCUT2D eigenvalue weighted by Gasteiger charge is 2.06. The second-order valence-corrected chi connectivity index (χ2v) is 4.66. The maximum atomic E-state index is 5.01. The van der Waals surface area contributed by atoms with Gasteiger partial charge in [0.2, 0.25) is 0 Å². The molecule has 0 aliphatic rings. The van der Waals surface area contributed by atoms with Gasteiger partial charge in [-0.1, -0.05) is 13.8 Å². The molecule has 0 radical (unpaired) electrons. The minimum absolute atomic E-state index is 0.486. The van der Waals surface area contributed by atoms with Crippen molar-refractivity contribution in [1.29, 1.82) is 0 Å². The molecule has 4 nitrogen and oxygen atoms in total. The quantitative estimate of drug-likeness (QED) is 0.774. The molecule has 1 aromatic heterocycles. The topological polar surface area (TPSA) is 39.1 Å². The normalized spacial score (nSPS) is 13.1. The molecular formula is C12H23N3O. The van der Waals surface area contributed by atoms with Crippen LogP contribution in [0, 0.1) is 5.92 Å². The van der Waals surface area contributed by atoms with Gasteiger partial charge in [-0.2, -0.15) is 5.10 Å². The first-order valence-corrected chi connectivity index (χ1v) is 5.89. The number of anilines is 1. The Labute approximate surface area is 98.0 Å². The third-order valence-corrected chi connectivity index (χ3v) is 2.40. The van der Waals surface area contributed by atoms with Gasteiger partial charge in [0, 0.05) is 19.3 Å². The van der Waals surface area contributed by atoms with Crippen molar-refractivity contribution in [3.05, 3.63) is 12.4 Å². The van der Waals surface area contributed by atoms with E-state index in [1.807, 2.05) is 17.1 Å². The van der Waals surface area contributed by atoms with E-state index in [1.165, 1.54) is 6.42 Å². The van der Waals surface area contributed by atoms with Crippen molar-refractivity contribution in [2.24, 2.45) is 5.92 Å². The molecule has 4 heteroatoms. The van der Waals surface area contributed by atoms with Gasteiger partial charge in [0.25, 0.3) is 0 Å². The van der Waals surface area contributed by atoms with E-state index in [9.17, 15) is 0 Å². The fourth-order valence-corrected chi connectivity index (χ4v) is 1.80. The number of ether oxygens (including phenoxy) is 1. The molecule has 1 aromatic rings. The fourth-order valence-electron chi connectivity index (χ4n) is 1.80. The summed E-state index contributed by atoms with van der Waals surface area (Å²) in [6, 6.07) is 0.486. The number of hydrogen-bond donors (Lipinski definition) is 1. The SMILES string of the molecule is COCCn1cc(NC(C)CC(C)C)cn1. The molecule has 0 bridgehead atoms. The Hall–Kier alpha value is -1.03. The molecule has 92 valence electrons. The third kappa shape index (κ3) is 4.66. The zero-order valence-corrected chi connectivity index (χ0v) is 10.7. The molecule has 0 saturated carbocycles. The van der Waals surface area contributed by atoms with Crippen LogP contribution < -0.4 is 5.32 Å². The zero-order valence-electron chi connectivity index (χ0n) is 10.7.